The Morgan fingerprint density at radius 1 is 1.19 bits per heavy atom. The highest BCUT2D eigenvalue weighted by Gasteiger charge is 2.21. The summed E-state index contributed by atoms with van der Waals surface area (Å²) in [4.78, 5) is 8.36. The molecule has 0 amide bonds. The minimum atomic E-state index is 0.563. The maximum absolute atomic E-state index is 4.25. The van der Waals surface area contributed by atoms with Crippen LogP contribution in [0.1, 0.15) is 32.6 Å². The molecule has 0 bridgehead atoms. The molecule has 2 rings (SSSR count). The van der Waals surface area contributed by atoms with E-state index in [4.69, 9.17) is 0 Å². The first kappa shape index (κ1) is 11.2. The highest BCUT2D eigenvalue weighted by Crippen LogP contribution is 2.26. The summed E-state index contributed by atoms with van der Waals surface area (Å²) in [5, 5.41) is 6.54. The average molecular weight is 220 g/mol. The molecule has 1 aliphatic carbocycles. The Labute approximate surface area is 96.9 Å². The molecule has 0 aliphatic heterocycles. The smallest absolute Gasteiger partial charge is 0.131 e. The van der Waals surface area contributed by atoms with E-state index in [1.807, 2.05) is 13.1 Å². The van der Waals surface area contributed by atoms with Crippen molar-refractivity contribution in [3.63, 3.8) is 0 Å². The summed E-state index contributed by atoms with van der Waals surface area (Å²) in [6.45, 7) is 2.32. The Morgan fingerprint density at radius 2 is 1.94 bits per heavy atom. The van der Waals surface area contributed by atoms with Gasteiger partial charge in [-0.25, -0.2) is 9.97 Å². The maximum atomic E-state index is 4.25. The van der Waals surface area contributed by atoms with Crippen LogP contribution in [0.3, 0.4) is 0 Å². The van der Waals surface area contributed by atoms with Crippen molar-refractivity contribution in [1.29, 1.82) is 0 Å². The van der Waals surface area contributed by atoms with Crippen LogP contribution < -0.4 is 10.6 Å². The first-order chi connectivity index (χ1) is 7.79. The first-order valence-corrected chi connectivity index (χ1v) is 6.06. The van der Waals surface area contributed by atoms with Gasteiger partial charge >= 0.3 is 0 Å². The highest BCUT2D eigenvalue weighted by molar-refractivity contribution is 5.46. The van der Waals surface area contributed by atoms with Crippen LogP contribution in [0, 0.1) is 5.92 Å². The number of aromatic nitrogens is 2. The molecule has 0 aromatic carbocycles. The van der Waals surface area contributed by atoms with E-state index in [1.165, 1.54) is 25.7 Å². The molecule has 0 saturated heterocycles. The van der Waals surface area contributed by atoms with Crippen molar-refractivity contribution in [3.05, 3.63) is 12.4 Å². The summed E-state index contributed by atoms with van der Waals surface area (Å²) in [7, 11) is 1.87. The minimum absolute atomic E-state index is 0.563. The number of hydrogen-bond donors (Lipinski definition) is 2. The molecular formula is C12H20N4. The summed E-state index contributed by atoms with van der Waals surface area (Å²) in [6, 6.07) is 2.52. The normalized spacial score (nSPS) is 25.1. The van der Waals surface area contributed by atoms with E-state index in [0.717, 1.165) is 17.6 Å². The molecule has 16 heavy (non-hydrogen) atoms. The van der Waals surface area contributed by atoms with E-state index in [9.17, 15) is 0 Å². The number of nitrogens with one attached hydrogen (secondary N) is 2. The zero-order chi connectivity index (χ0) is 11.4. The molecule has 1 heterocycles. The van der Waals surface area contributed by atoms with Crippen LogP contribution >= 0.6 is 0 Å². The molecule has 1 aromatic heterocycles. The minimum Gasteiger partial charge on any atom is -0.373 e. The molecule has 4 nitrogen and oxygen atoms in total. The third-order valence-electron chi connectivity index (χ3n) is 3.37. The lowest BCUT2D eigenvalue weighted by molar-refractivity contribution is 0.349. The quantitative estimate of drug-likeness (QED) is 0.821. The summed E-state index contributed by atoms with van der Waals surface area (Å²) in [5.41, 5.74) is 0. The van der Waals surface area contributed by atoms with Crippen LogP contribution in [0.15, 0.2) is 12.4 Å². The average Bonchev–Trinajstić information content (AvgIpc) is 2.32. The van der Waals surface area contributed by atoms with Crippen molar-refractivity contribution in [3.8, 4) is 0 Å². The van der Waals surface area contributed by atoms with Crippen molar-refractivity contribution in [1.82, 2.24) is 9.97 Å². The Kier molecular flexibility index (Phi) is 3.59. The molecule has 2 N–H and O–H groups in total. The van der Waals surface area contributed by atoms with Crippen LogP contribution in [0.2, 0.25) is 0 Å². The van der Waals surface area contributed by atoms with Gasteiger partial charge in [0.2, 0.25) is 0 Å². The standard InChI is InChI=1S/C12H20N4/c1-9-5-3-4-6-10(9)16-12-7-11(13-2)14-8-15-12/h7-10H,3-6H2,1-2H3,(H2,13,14,15,16). The molecule has 1 aliphatic rings. The van der Waals surface area contributed by atoms with E-state index in [-0.39, 0.29) is 0 Å². The van der Waals surface area contributed by atoms with Crippen LogP contribution in [0.5, 0.6) is 0 Å². The lowest BCUT2D eigenvalue weighted by atomic mass is 9.86. The molecular weight excluding hydrogens is 200 g/mol. The predicted octanol–water partition coefficient (Wildman–Crippen LogP) is 2.51. The van der Waals surface area contributed by atoms with Gasteiger partial charge in [0, 0.05) is 19.2 Å². The first-order valence-electron chi connectivity index (χ1n) is 6.06. The van der Waals surface area contributed by atoms with Crippen LogP contribution in [-0.2, 0) is 0 Å². The Balaban J connectivity index is 2.01. The SMILES string of the molecule is CNc1cc(NC2CCCCC2C)ncn1. The van der Waals surface area contributed by atoms with Gasteiger partial charge in [-0.05, 0) is 18.8 Å². The summed E-state index contributed by atoms with van der Waals surface area (Å²) >= 11 is 0. The van der Waals surface area contributed by atoms with Gasteiger partial charge in [-0.15, -0.1) is 0 Å². The number of anilines is 2. The molecule has 0 spiro atoms. The van der Waals surface area contributed by atoms with Crippen molar-refractivity contribution in [2.75, 3.05) is 17.7 Å². The molecule has 0 radical (unpaired) electrons. The van der Waals surface area contributed by atoms with Crippen molar-refractivity contribution >= 4 is 11.6 Å². The summed E-state index contributed by atoms with van der Waals surface area (Å²) in [6.07, 6.45) is 6.86. The van der Waals surface area contributed by atoms with Gasteiger partial charge < -0.3 is 10.6 Å². The topological polar surface area (TPSA) is 49.8 Å². The number of hydrogen-bond acceptors (Lipinski definition) is 4. The molecule has 4 heteroatoms. The molecule has 2 atom stereocenters. The van der Waals surface area contributed by atoms with Gasteiger partial charge in [-0.1, -0.05) is 19.8 Å². The lowest BCUT2D eigenvalue weighted by Gasteiger charge is -2.29. The molecule has 1 fully saturated rings. The fraction of sp³-hybridized carbons (Fsp3) is 0.667. The third-order valence-corrected chi connectivity index (χ3v) is 3.37. The van der Waals surface area contributed by atoms with Gasteiger partial charge in [0.15, 0.2) is 0 Å². The van der Waals surface area contributed by atoms with Gasteiger partial charge in [-0.3, -0.25) is 0 Å². The van der Waals surface area contributed by atoms with Crippen LogP contribution in [0.4, 0.5) is 11.6 Å². The van der Waals surface area contributed by atoms with Gasteiger partial charge in [0.25, 0.3) is 0 Å². The molecule has 1 saturated carbocycles. The second-order valence-corrected chi connectivity index (χ2v) is 4.55. The third kappa shape index (κ3) is 2.62. The van der Waals surface area contributed by atoms with Crippen molar-refractivity contribution < 1.29 is 0 Å². The van der Waals surface area contributed by atoms with E-state index in [2.05, 4.69) is 27.5 Å². The van der Waals surface area contributed by atoms with Crippen LogP contribution in [0.25, 0.3) is 0 Å². The van der Waals surface area contributed by atoms with Crippen molar-refractivity contribution in [2.45, 2.75) is 38.6 Å². The van der Waals surface area contributed by atoms with E-state index in [0.29, 0.717) is 6.04 Å². The predicted molar refractivity (Wildman–Crippen MR) is 66.6 cm³/mol. The second-order valence-electron chi connectivity index (χ2n) is 4.55. The summed E-state index contributed by atoms with van der Waals surface area (Å²) < 4.78 is 0. The number of rotatable bonds is 3. The number of nitrogens with zero attached hydrogens (tertiary/aromatic N) is 2. The van der Waals surface area contributed by atoms with Gasteiger partial charge in [-0.2, -0.15) is 0 Å². The molecule has 1 aromatic rings. The van der Waals surface area contributed by atoms with Gasteiger partial charge in [0.1, 0.15) is 18.0 Å². The van der Waals surface area contributed by atoms with Crippen molar-refractivity contribution in [2.24, 2.45) is 5.92 Å². The van der Waals surface area contributed by atoms with E-state index >= 15 is 0 Å². The Bertz CT molecular complexity index is 340. The molecule has 2 unspecified atom stereocenters. The zero-order valence-electron chi connectivity index (χ0n) is 10.0. The summed E-state index contributed by atoms with van der Waals surface area (Å²) in [5.74, 6) is 2.53. The fourth-order valence-corrected chi connectivity index (χ4v) is 2.29. The van der Waals surface area contributed by atoms with Crippen LogP contribution in [-0.4, -0.2) is 23.1 Å². The molecule has 88 valence electrons. The van der Waals surface area contributed by atoms with E-state index in [1.54, 1.807) is 6.33 Å². The second kappa shape index (κ2) is 5.14. The lowest BCUT2D eigenvalue weighted by Crippen LogP contribution is -2.30. The Hall–Kier alpha value is -1.32. The Morgan fingerprint density at radius 3 is 2.69 bits per heavy atom. The monoisotopic (exact) mass is 220 g/mol. The van der Waals surface area contributed by atoms with E-state index < -0.39 is 0 Å². The fourth-order valence-electron chi connectivity index (χ4n) is 2.29. The van der Waals surface area contributed by atoms with Gasteiger partial charge in [0.05, 0.1) is 0 Å². The maximum Gasteiger partial charge on any atom is 0.131 e. The zero-order valence-corrected chi connectivity index (χ0v) is 10.0. The highest BCUT2D eigenvalue weighted by atomic mass is 15.1. The largest absolute Gasteiger partial charge is 0.373 e.